The number of hydrogen-bond donors (Lipinski definition) is 1. The molecule has 2 unspecified atom stereocenters. The maximum Gasteiger partial charge on any atom is 0.0208 e. The molecule has 2 aromatic rings. The lowest BCUT2D eigenvalue weighted by molar-refractivity contribution is 0.179. The van der Waals surface area contributed by atoms with Crippen LogP contribution in [0.2, 0.25) is 0 Å². The zero-order valence-electron chi connectivity index (χ0n) is 12.7. The van der Waals surface area contributed by atoms with Crippen LogP contribution in [-0.2, 0) is 6.54 Å². The maximum atomic E-state index is 3.76. The minimum absolute atomic E-state index is 0.589. The Balaban J connectivity index is 1.61. The number of hydrogen-bond acceptors (Lipinski definition) is 3. The Labute approximate surface area is 131 Å². The Kier molecular flexibility index (Phi) is 5.07. The molecule has 1 saturated heterocycles. The number of nitrogens with one attached hydrogen (secondary N) is 1. The van der Waals surface area contributed by atoms with E-state index in [0.29, 0.717) is 12.0 Å². The van der Waals surface area contributed by atoms with Crippen LogP contribution in [0.4, 0.5) is 0 Å². The molecule has 1 aromatic carbocycles. The Morgan fingerprint density at radius 2 is 2.00 bits per heavy atom. The quantitative estimate of drug-likeness (QED) is 0.905. The van der Waals surface area contributed by atoms with E-state index in [0.717, 1.165) is 13.1 Å². The Hall–Kier alpha value is -1.16. The van der Waals surface area contributed by atoms with Crippen LogP contribution in [0.5, 0.6) is 0 Å². The smallest absolute Gasteiger partial charge is 0.0208 e. The molecular weight excluding hydrogens is 276 g/mol. The third-order valence-corrected chi connectivity index (χ3v) is 5.39. The van der Waals surface area contributed by atoms with Crippen molar-refractivity contribution in [2.24, 2.45) is 0 Å². The van der Waals surface area contributed by atoms with Crippen molar-refractivity contribution in [1.29, 1.82) is 0 Å². The zero-order chi connectivity index (χ0) is 14.5. The van der Waals surface area contributed by atoms with Crippen molar-refractivity contribution in [1.82, 2.24) is 10.2 Å². The van der Waals surface area contributed by atoms with Gasteiger partial charge >= 0.3 is 0 Å². The van der Waals surface area contributed by atoms with Crippen molar-refractivity contribution >= 4 is 11.3 Å². The van der Waals surface area contributed by atoms with E-state index in [-0.39, 0.29) is 0 Å². The SMILES string of the molecule is CCN1CC(NCc2ccccc2)CC(c2cccs2)C1. The molecule has 3 rings (SSSR count). The van der Waals surface area contributed by atoms with Crippen LogP contribution in [-0.4, -0.2) is 30.6 Å². The van der Waals surface area contributed by atoms with E-state index in [1.807, 2.05) is 11.3 Å². The summed E-state index contributed by atoms with van der Waals surface area (Å²) in [4.78, 5) is 4.12. The van der Waals surface area contributed by atoms with Gasteiger partial charge in [0.05, 0.1) is 0 Å². The molecule has 0 aliphatic carbocycles. The minimum atomic E-state index is 0.589. The molecule has 2 nitrogen and oxygen atoms in total. The fourth-order valence-electron chi connectivity index (χ4n) is 3.18. The number of nitrogens with zero attached hydrogens (tertiary/aromatic N) is 1. The fourth-order valence-corrected chi connectivity index (χ4v) is 4.02. The summed E-state index contributed by atoms with van der Waals surface area (Å²) in [7, 11) is 0. The van der Waals surface area contributed by atoms with Crippen molar-refractivity contribution in [2.75, 3.05) is 19.6 Å². The highest BCUT2D eigenvalue weighted by molar-refractivity contribution is 7.10. The second kappa shape index (κ2) is 7.21. The average molecular weight is 300 g/mol. The molecule has 2 heterocycles. The minimum Gasteiger partial charge on any atom is -0.309 e. The fraction of sp³-hybridized carbons (Fsp3) is 0.444. The summed E-state index contributed by atoms with van der Waals surface area (Å²) in [5.41, 5.74) is 1.37. The lowest BCUT2D eigenvalue weighted by Gasteiger charge is -2.37. The van der Waals surface area contributed by atoms with Gasteiger partial charge in [-0.15, -0.1) is 11.3 Å². The van der Waals surface area contributed by atoms with Crippen LogP contribution in [0.3, 0.4) is 0 Å². The van der Waals surface area contributed by atoms with Crippen LogP contribution < -0.4 is 5.32 Å². The molecule has 1 N–H and O–H groups in total. The van der Waals surface area contributed by atoms with Crippen LogP contribution >= 0.6 is 11.3 Å². The molecule has 1 aliphatic rings. The Morgan fingerprint density at radius 3 is 2.71 bits per heavy atom. The predicted octanol–water partition coefficient (Wildman–Crippen LogP) is 3.72. The van der Waals surface area contributed by atoms with E-state index in [4.69, 9.17) is 0 Å². The molecule has 2 atom stereocenters. The Bertz CT molecular complexity index is 523. The van der Waals surface area contributed by atoms with Gasteiger partial charge in [0.25, 0.3) is 0 Å². The normalized spacial score (nSPS) is 23.3. The van der Waals surface area contributed by atoms with Crippen molar-refractivity contribution in [3.63, 3.8) is 0 Å². The monoisotopic (exact) mass is 300 g/mol. The summed E-state index contributed by atoms with van der Waals surface area (Å²) in [5.74, 6) is 0.687. The van der Waals surface area contributed by atoms with Crippen LogP contribution in [0.25, 0.3) is 0 Å². The van der Waals surface area contributed by atoms with Crippen molar-refractivity contribution in [3.05, 3.63) is 58.3 Å². The van der Waals surface area contributed by atoms with E-state index in [1.165, 1.54) is 25.1 Å². The lowest BCUT2D eigenvalue weighted by Crippen LogP contribution is -2.48. The highest BCUT2D eigenvalue weighted by Gasteiger charge is 2.27. The van der Waals surface area contributed by atoms with Gasteiger partial charge in [-0.2, -0.15) is 0 Å². The average Bonchev–Trinajstić information content (AvgIpc) is 3.08. The maximum absolute atomic E-state index is 3.76. The standard InChI is InChI=1S/C18H24N2S/c1-2-20-13-16(18-9-6-10-21-18)11-17(14-20)19-12-15-7-4-3-5-8-15/h3-10,16-17,19H,2,11-14H2,1H3. The van der Waals surface area contributed by atoms with E-state index < -0.39 is 0 Å². The second-order valence-electron chi connectivity index (χ2n) is 5.86. The molecular formula is C18H24N2S. The molecule has 0 saturated carbocycles. The third-order valence-electron chi connectivity index (χ3n) is 4.36. The van der Waals surface area contributed by atoms with E-state index in [1.54, 1.807) is 4.88 Å². The number of piperidine rings is 1. The molecule has 3 heteroatoms. The lowest BCUT2D eigenvalue weighted by atomic mass is 9.92. The first-order valence-corrected chi connectivity index (χ1v) is 8.76. The summed E-state index contributed by atoms with van der Waals surface area (Å²) >= 11 is 1.90. The van der Waals surface area contributed by atoms with Crippen LogP contribution in [0, 0.1) is 0 Å². The summed E-state index contributed by atoms with van der Waals surface area (Å²) < 4.78 is 0. The van der Waals surface area contributed by atoms with Gasteiger partial charge in [0.2, 0.25) is 0 Å². The van der Waals surface area contributed by atoms with Gasteiger partial charge in [-0.05, 0) is 30.0 Å². The van der Waals surface area contributed by atoms with Gasteiger partial charge in [-0.25, -0.2) is 0 Å². The van der Waals surface area contributed by atoms with E-state index in [9.17, 15) is 0 Å². The summed E-state index contributed by atoms with van der Waals surface area (Å²) in [6.45, 7) is 6.77. The molecule has 1 fully saturated rings. The van der Waals surface area contributed by atoms with Gasteiger partial charge < -0.3 is 10.2 Å². The van der Waals surface area contributed by atoms with Crippen molar-refractivity contribution in [2.45, 2.75) is 31.8 Å². The second-order valence-corrected chi connectivity index (χ2v) is 6.84. The largest absolute Gasteiger partial charge is 0.309 e. The van der Waals surface area contributed by atoms with Gasteiger partial charge in [0, 0.05) is 36.5 Å². The summed E-state index contributed by atoms with van der Waals surface area (Å²) in [6.07, 6.45) is 1.25. The first-order chi connectivity index (χ1) is 10.3. The summed E-state index contributed by atoms with van der Waals surface area (Å²) in [5, 5.41) is 5.96. The first-order valence-electron chi connectivity index (χ1n) is 7.88. The van der Waals surface area contributed by atoms with Gasteiger partial charge in [-0.3, -0.25) is 0 Å². The molecule has 0 bridgehead atoms. The molecule has 21 heavy (non-hydrogen) atoms. The molecule has 0 spiro atoms. The molecule has 1 aromatic heterocycles. The van der Waals surface area contributed by atoms with E-state index in [2.05, 4.69) is 65.0 Å². The highest BCUT2D eigenvalue weighted by atomic mass is 32.1. The van der Waals surface area contributed by atoms with Gasteiger partial charge in [0.1, 0.15) is 0 Å². The summed E-state index contributed by atoms with van der Waals surface area (Å²) in [6, 6.07) is 15.8. The highest BCUT2D eigenvalue weighted by Crippen LogP contribution is 2.30. The molecule has 1 aliphatic heterocycles. The number of thiophene rings is 1. The van der Waals surface area contributed by atoms with Crippen molar-refractivity contribution < 1.29 is 0 Å². The van der Waals surface area contributed by atoms with Crippen molar-refractivity contribution in [3.8, 4) is 0 Å². The predicted molar refractivity (Wildman–Crippen MR) is 90.9 cm³/mol. The topological polar surface area (TPSA) is 15.3 Å². The molecule has 112 valence electrons. The number of likely N-dealkylation sites (N-methyl/N-ethyl adjacent to an activating group) is 1. The number of likely N-dealkylation sites (tertiary alicyclic amines) is 1. The third kappa shape index (κ3) is 3.94. The van der Waals surface area contributed by atoms with Gasteiger partial charge in [0.15, 0.2) is 0 Å². The first kappa shape index (κ1) is 14.8. The Morgan fingerprint density at radius 1 is 1.14 bits per heavy atom. The molecule has 0 amide bonds. The van der Waals surface area contributed by atoms with Crippen LogP contribution in [0.15, 0.2) is 47.8 Å². The molecule has 0 radical (unpaired) electrons. The number of benzene rings is 1. The van der Waals surface area contributed by atoms with Gasteiger partial charge in [-0.1, -0.05) is 43.3 Å². The van der Waals surface area contributed by atoms with Crippen LogP contribution in [0.1, 0.15) is 29.7 Å². The number of rotatable bonds is 5. The zero-order valence-corrected chi connectivity index (χ0v) is 13.5. The van der Waals surface area contributed by atoms with E-state index >= 15 is 0 Å².